The quantitative estimate of drug-likeness (QED) is 0.624. The van der Waals surface area contributed by atoms with Crippen molar-refractivity contribution in [2.45, 2.75) is 57.5 Å². The van der Waals surface area contributed by atoms with Crippen molar-refractivity contribution in [2.24, 2.45) is 5.92 Å². The molecule has 0 aliphatic heterocycles. The van der Waals surface area contributed by atoms with E-state index < -0.39 is 0 Å². The van der Waals surface area contributed by atoms with E-state index in [2.05, 4.69) is 25.8 Å². The van der Waals surface area contributed by atoms with E-state index >= 15 is 0 Å². The highest BCUT2D eigenvalue weighted by Gasteiger charge is 2.53. The van der Waals surface area contributed by atoms with Gasteiger partial charge in [-0.25, -0.2) is 0 Å². The summed E-state index contributed by atoms with van der Waals surface area (Å²) in [5.74, 6) is 1.09. The Kier molecular flexibility index (Phi) is 1.95. The molecule has 3 rings (SSSR count). The number of fused-ring (bicyclic) bond motifs is 1. The topological polar surface area (TPSA) is 3.24 Å². The van der Waals surface area contributed by atoms with Crippen LogP contribution in [0.25, 0.3) is 0 Å². The zero-order valence-electron chi connectivity index (χ0n) is 8.64. The summed E-state index contributed by atoms with van der Waals surface area (Å²) < 4.78 is 0. The van der Waals surface area contributed by atoms with E-state index in [0.29, 0.717) is 5.54 Å². The molecule has 3 aliphatic carbocycles. The van der Waals surface area contributed by atoms with Crippen LogP contribution < -0.4 is 0 Å². The predicted molar refractivity (Wildman–Crippen MR) is 52.2 cm³/mol. The lowest BCUT2D eigenvalue weighted by Crippen LogP contribution is -2.53. The first-order valence-corrected chi connectivity index (χ1v) is 5.41. The normalized spacial score (nSPS) is 41.5. The molecule has 0 aromatic rings. The van der Waals surface area contributed by atoms with Gasteiger partial charge in [-0.15, -0.1) is 0 Å². The van der Waals surface area contributed by atoms with Gasteiger partial charge in [-0.2, -0.15) is 0 Å². The number of rotatable bonds is 3. The Morgan fingerprint density at radius 2 is 2.17 bits per heavy atom. The second kappa shape index (κ2) is 2.73. The Bertz CT molecular complexity index is 164. The summed E-state index contributed by atoms with van der Waals surface area (Å²) >= 11 is 0. The summed E-state index contributed by atoms with van der Waals surface area (Å²) in [5, 5.41) is 0. The molecule has 0 spiro atoms. The van der Waals surface area contributed by atoms with E-state index in [9.17, 15) is 0 Å². The fourth-order valence-corrected chi connectivity index (χ4v) is 3.10. The minimum Gasteiger partial charge on any atom is -0.298 e. The first-order chi connectivity index (χ1) is 5.68. The average molecular weight is 167 g/mol. The second-order valence-corrected chi connectivity index (χ2v) is 4.91. The van der Waals surface area contributed by atoms with Gasteiger partial charge in [0.05, 0.1) is 0 Å². The fraction of sp³-hybridized carbons (Fsp3) is 1.00. The van der Waals surface area contributed by atoms with Gasteiger partial charge in [0.15, 0.2) is 0 Å². The molecule has 0 radical (unpaired) electrons. The third-order valence-corrected chi connectivity index (χ3v) is 4.36. The monoisotopic (exact) mass is 167 g/mol. The van der Waals surface area contributed by atoms with Gasteiger partial charge in [0, 0.05) is 11.6 Å². The molecule has 70 valence electrons. The molecule has 3 saturated carbocycles. The fourth-order valence-electron chi connectivity index (χ4n) is 3.10. The molecule has 0 unspecified atom stereocenters. The number of hydrogen-bond acceptors (Lipinski definition) is 1. The molecule has 1 nitrogen and oxygen atoms in total. The van der Waals surface area contributed by atoms with Crippen molar-refractivity contribution in [3.8, 4) is 0 Å². The summed E-state index contributed by atoms with van der Waals surface area (Å²) in [4.78, 5) is 2.65. The first kappa shape index (κ1) is 8.55. The highest BCUT2D eigenvalue weighted by atomic mass is 15.2. The van der Waals surface area contributed by atoms with E-state index in [1.165, 1.54) is 32.1 Å². The van der Waals surface area contributed by atoms with Crippen molar-refractivity contribution in [2.75, 3.05) is 7.05 Å². The summed E-state index contributed by atoms with van der Waals surface area (Å²) in [7, 11) is 2.33. The van der Waals surface area contributed by atoms with Crippen molar-refractivity contribution in [1.29, 1.82) is 0 Å². The lowest BCUT2D eigenvalue weighted by atomic mass is 9.75. The van der Waals surface area contributed by atoms with E-state index in [-0.39, 0.29) is 0 Å². The van der Waals surface area contributed by atoms with E-state index in [1.54, 1.807) is 0 Å². The van der Waals surface area contributed by atoms with Gasteiger partial charge in [-0.1, -0.05) is 6.92 Å². The number of hydrogen-bond donors (Lipinski definition) is 0. The Morgan fingerprint density at radius 1 is 1.50 bits per heavy atom. The smallest absolute Gasteiger partial charge is 0.0214 e. The Morgan fingerprint density at radius 3 is 2.58 bits per heavy atom. The molecule has 0 heterocycles. The van der Waals surface area contributed by atoms with Crippen molar-refractivity contribution in [3.63, 3.8) is 0 Å². The Labute approximate surface area is 76.1 Å². The molecule has 2 bridgehead atoms. The van der Waals surface area contributed by atoms with Crippen molar-refractivity contribution < 1.29 is 0 Å². The average Bonchev–Trinajstić information content (AvgIpc) is 2.58. The van der Waals surface area contributed by atoms with Crippen LogP contribution in [0.2, 0.25) is 0 Å². The molecule has 3 fully saturated rings. The number of nitrogens with zero attached hydrogens (tertiary/aromatic N) is 1. The molecule has 0 N–H and O–H groups in total. The molecule has 0 aromatic heterocycles. The van der Waals surface area contributed by atoms with Gasteiger partial charge in [0.2, 0.25) is 0 Å². The van der Waals surface area contributed by atoms with Crippen LogP contribution in [-0.4, -0.2) is 23.5 Å². The van der Waals surface area contributed by atoms with Gasteiger partial charge in [-0.3, -0.25) is 4.90 Å². The van der Waals surface area contributed by atoms with Crippen LogP contribution in [0.3, 0.4) is 0 Å². The minimum absolute atomic E-state index is 0.653. The molecule has 0 saturated heterocycles. The maximum atomic E-state index is 2.65. The van der Waals surface area contributed by atoms with Crippen LogP contribution in [0.5, 0.6) is 0 Å². The van der Waals surface area contributed by atoms with E-state index in [0.717, 1.165) is 12.0 Å². The van der Waals surface area contributed by atoms with Gasteiger partial charge >= 0.3 is 0 Å². The highest BCUT2D eigenvalue weighted by molar-refractivity contribution is 5.08. The predicted octanol–water partition coefficient (Wildman–Crippen LogP) is 2.66. The zero-order valence-corrected chi connectivity index (χ0v) is 8.64. The molecule has 1 atom stereocenters. The summed E-state index contributed by atoms with van der Waals surface area (Å²) in [6, 6.07) is 0.782. The van der Waals surface area contributed by atoms with Crippen LogP contribution in [0, 0.1) is 5.92 Å². The van der Waals surface area contributed by atoms with Crippen LogP contribution >= 0.6 is 0 Å². The first-order valence-electron chi connectivity index (χ1n) is 5.41. The summed E-state index contributed by atoms with van der Waals surface area (Å²) in [6.07, 6.45) is 7.25. The standard InChI is InChI=1S/C11H21N/c1-4-9(2)12(3)11-6-5-10(7-11)8-11/h9-10H,4-8H2,1-3H3/t9-,10?,11?/m1/s1. The minimum atomic E-state index is 0.653. The van der Waals surface area contributed by atoms with Crippen LogP contribution in [0.4, 0.5) is 0 Å². The molecule has 12 heavy (non-hydrogen) atoms. The van der Waals surface area contributed by atoms with Crippen molar-refractivity contribution in [1.82, 2.24) is 4.90 Å². The van der Waals surface area contributed by atoms with Crippen LogP contribution in [0.15, 0.2) is 0 Å². The molecule has 3 aliphatic rings. The molecule has 0 amide bonds. The third kappa shape index (κ3) is 1.02. The zero-order chi connectivity index (χ0) is 8.77. The summed E-state index contributed by atoms with van der Waals surface area (Å²) in [6.45, 7) is 4.66. The van der Waals surface area contributed by atoms with E-state index in [1.807, 2.05) is 0 Å². The maximum Gasteiger partial charge on any atom is 0.0214 e. The lowest BCUT2D eigenvalue weighted by molar-refractivity contribution is 0.0187. The second-order valence-electron chi connectivity index (χ2n) is 4.91. The van der Waals surface area contributed by atoms with Gasteiger partial charge < -0.3 is 0 Å². The van der Waals surface area contributed by atoms with Gasteiger partial charge in [-0.05, 0) is 52.0 Å². The van der Waals surface area contributed by atoms with Crippen molar-refractivity contribution >= 4 is 0 Å². The van der Waals surface area contributed by atoms with E-state index in [4.69, 9.17) is 0 Å². The largest absolute Gasteiger partial charge is 0.298 e. The SMILES string of the molecule is CC[C@@H](C)N(C)C12CCC(C1)C2. The molecule has 1 heteroatoms. The molecule has 0 aromatic carbocycles. The molecular formula is C11H21N. The highest BCUT2D eigenvalue weighted by Crippen LogP contribution is 2.55. The Hall–Kier alpha value is -0.0400. The van der Waals surface area contributed by atoms with Crippen LogP contribution in [0.1, 0.15) is 46.0 Å². The summed E-state index contributed by atoms with van der Waals surface area (Å²) in [5.41, 5.74) is 0.653. The Balaban J connectivity index is 1.99. The third-order valence-electron chi connectivity index (χ3n) is 4.36. The van der Waals surface area contributed by atoms with Gasteiger partial charge in [0.25, 0.3) is 0 Å². The maximum absolute atomic E-state index is 2.65. The van der Waals surface area contributed by atoms with Crippen molar-refractivity contribution in [3.05, 3.63) is 0 Å². The van der Waals surface area contributed by atoms with Gasteiger partial charge in [0.1, 0.15) is 0 Å². The lowest BCUT2D eigenvalue weighted by Gasteiger charge is -2.48. The van der Waals surface area contributed by atoms with Crippen LogP contribution in [-0.2, 0) is 0 Å². The molecular weight excluding hydrogens is 146 g/mol.